The van der Waals surface area contributed by atoms with Crippen LogP contribution in [0, 0.1) is 25.5 Å². The van der Waals surface area contributed by atoms with Gasteiger partial charge in [0.2, 0.25) is 0 Å². The minimum absolute atomic E-state index is 0.504. The lowest BCUT2D eigenvalue weighted by Gasteiger charge is -2.11. The molecule has 2 N–H and O–H groups in total. The molecule has 0 amide bonds. The molecular weight excluding hydrogens is 324 g/mol. The SMILES string of the molecule is CCNC(=NCc1c(C)nn(C)c1C)NCCc1cc(F)cc(F)c1. The van der Waals surface area contributed by atoms with E-state index in [0.29, 0.717) is 31.0 Å². The fraction of sp³-hybridized carbons (Fsp3) is 0.444. The Morgan fingerprint density at radius 2 is 1.84 bits per heavy atom. The first-order valence-electron chi connectivity index (χ1n) is 8.37. The van der Waals surface area contributed by atoms with E-state index in [1.807, 2.05) is 32.5 Å². The second-order valence-electron chi connectivity index (χ2n) is 5.92. The molecule has 1 aromatic heterocycles. The third-order valence-corrected chi connectivity index (χ3v) is 4.03. The highest BCUT2D eigenvalue weighted by Crippen LogP contribution is 2.13. The minimum Gasteiger partial charge on any atom is -0.357 e. The molecule has 5 nitrogen and oxygen atoms in total. The number of nitrogens with zero attached hydrogens (tertiary/aromatic N) is 3. The van der Waals surface area contributed by atoms with Crippen molar-refractivity contribution < 1.29 is 8.78 Å². The quantitative estimate of drug-likeness (QED) is 0.623. The van der Waals surface area contributed by atoms with Crippen LogP contribution in [-0.2, 0) is 20.0 Å². The molecule has 0 bridgehead atoms. The predicted octanol–water partition coefficient (Wildman–Crippen LogP) is 2.61. The van der Waals surface area contributed by atoms with Crippen LogP contribution in [0.4, 0.5) is 8.78 Å². The molecule has 0 fully saturated rings. The molecule has 0 spiro atoms. The van der Waals surface area contributed by atoms with Crippen LogP contribution in [0.15, 0.2) is 23.2 Å². The van der Waals surface area contributed by atoms with Gasteiger partial charge in [0.25, 0.3) is 0 Å². The summed E-state index contributed by atoms with van der Waals surface area (Å²) < 4.78 is 28.3. The normalized spacial score (nSPS) is 11.7. The Kier molecular flexibility index (Phi) is 6.50. The van der Waals surface area contributed by atoms with Crippen LogP contribution in [0.3, 0.4) is 0 Å². The summed E-state index contributed by atoms with van der Waals surface area (Å²) in [4.78, 5) is 4.58. The lowest BCUT2D eigenvalue weighted by molar-refractivity contribution is 0.579. The van der Waals surface area contributed by atoms with Crippen LogP contribution in [0.5, 0.6) is 0 Å². The fourth-order valence-electron chi connectivity index (χ4n) is 2.63. The summed E-state index contributed by atoms with van der Waals surface area (Å²) in [5.41, 5.74) is 3.77. The highest BCUT2D eigenvalue weighted by Gasteiger charge is 2.09. The lowest BCUT2D eigenvalue weighted by atomic mass is 10.1. The number of aryl methyl sites for hydroxylation is 2. The number of aliphatic imine (C=N–C) groups is 1. The average molecular weight is 349 g/mol. The van der Waals surface area contributed by atoms with Gasteiger partial charge in [-0.1, -0.05) is 0 Å². The molecule has 25 heavy (non-hydrogen) atoms. The van der Waals surface area contributed by atoms with E-state index in [4.69, 9.17) is 0 Å². The van der Waals surface area contributed by atoms with Crippen LogP contribution in [-0.4, -0.2) is 28.8 Å². The molecule has 0 atom stereocenters. The largest absolute Gasteiger partial charge is 0.357 e. The number of hydrogen-bond acceptors (Lipinski definition) is 2. The number of halogens is 2. The molecule has 0 radical (unpaired) electrons. The van der Waals surface area contributed by atoms with E-state index in [1.54, 1.807) is 0 Å². The Morgan fingerprint density at radius 3 is 2.40 bits per heavy atom. The summed E-state index contributed by atoms with van der Waals surface area (Å²) in [5.74, 6) is -0.446. The molecule has 1 heterocycles. The van der Waals surface area contributed by atoms with E-state index < -0.39 is 11.6 Å². The first-order valence-corrected chi connectivity index (χ1v) is 8.37. The standard InChI is InChI=1S/C18H25F2N5/c1-5-21-18(23-11-17-12(2)24-25(4)13(17)3)22-7-6-14-8-15(19)10-16(20)9-14/h8-10H,5-7,11H2,1-4H3,(H2,21,22,23). The number of guanidine groups is 1. The lowest BCUT2D eigenvalue weighted by Crippen LogP contribution is -2.38. The Hall–Kier alpha value is -2.44. The Morgan fingerprint density at radius 1 is 1.16 bits per heavy atom. The summed E-state index contributed by atoms with van der Waals surface area (Å²) in [6.45, 7) is 7.75. The van der Waals surface area contributed by atoms with Gasteiger partial charge in [0.1, 0.15) is 11.6 Å². The summed E-state index contributed by atoms with van der Waals surface area (Å²) in [5, 5.41) is 10.8. The van der Waals surface area contributed by atoms with Gasteiger partial charge >= 0.3 is 0 Å². The summed E-state index contributed by atoms with van der Waals surface area (Å²) in [7, 11) is 1.91. The molecule has 2 aromatic rings. The molecule has 0 saturated heterocycles. The molecule has 1 aromatic carbocycles. The van der Waals surface area contributed by atoms with Gasteiger partial charge in [-0.05, 0) is 44.9 Å². The van der Waals surface area contributed by atoms with E-state index in [9.17, 15) is 8.78 Å². The van der Waals surface area contributed by atoms with Crippen molar-refractivity contribution in [3.8, 4) is 0 Å². The molecule has 0 saturated carbocycles. The van der Waals surface area contributed by atoms with Gasteiger partial charge in [-0.2, -0.15) is 5.10 Å². The predicted molar refractivity (Wildman–Crippen MR) is 95.6 cm³/mol. The smallest absolute Gasteiger partial charge is 0.191 e. The zero-order valence-corrected chi connectivity index (χ0v) is 15.2. The van der Waals surface area contributed by atoms with Crippen molar-refractivity contribution in [2.75, 3.05) is 13.1 Å². The number of nitrogens with one attached hydrogen (secondary N) is 2. The second-order valence-corrected chi connectivity index (χ2v) is 5.92. The van der Waals surface area contributed by atoms with Crippen molar-refractivity contribution in [1.29, 1.82) is 0 Å². The van der Waals surface area contributed by atoms with Crippen molar-refractivity contribution in [3.05, 3.63) is 52.3 Å². The van der Waals surface area contributed by atoms with Crippen molar-refractivity contribution in [3.63, 3.8) is 0 Å². The number of hydrogen-bond donors (Lipinski definition) is 2. The zero-order chi connectivity index (χ0) is 18.4. The van der Waals surface area contributed by atoms with Crippen LogP contribution in [0.1, 0.15) is 29.4 Å². The van der Waals surface area contributed by atoms with Gasteiger partial charge in [0, 0.05) is 37.5 Å². The number of aromatic nitrogens is 2. The topological polar surface area (TPSA) is 54.2 Å². The van der Waals surface area contributed by atoms with Crippen molar-refractivity contribution in [2.24, 2.45) is 12.0 Å². The maximum atomic E-state index is 13.2. The second kappa shape index (κ2) is 8.60. The first-order chi connectivity index (χ1) is 11.9. The summed E-state index contributed by atoms with van der Waals surface area (Å²) >= 11 is 0. The number of benzene rings is 1. The molecule has 0 aliphatic carbocycles. The van der Waals surface area contributed by atoms with E-state index >= 15 is 0 Å². The van der Waals surface area contributed by atoms with E-state index in [2.05, 4.69) is 20.7 Å². The van der Waals surface area contributed by atoms with Crippen LogP contribution >= 0.6 is 0 Å². The monoisotopic (exact) mass is 349 g/mol. The zero-order valence-electron chi connectivity index (χ0n) is 15.2. The molecule has 0 unspecified atom stereocenters. The summed E-state index contributed by atoms with van der Waals surface area (Å²) in [6.07, 6.45) is 0.504. The maximum absolute atomic E-state index is 13.2. The van der Waals surface area contributed by atoms with Gasteiger partial charge in [0.15, 0.2) is 5.96 Å². The average Bonchev–Trinajstić information content (AvgIpc) is 2.77. The highest BCUT2D eigenvalue weighted by molar-refractivity contribution is 5.79. The van der Waals surface area contributed by atoms with E-state index in [-0.39, 0.29) is 0 Å². The van der Waals surface area contributed by atoms with E-state index in [1.165, 1.54) is 12.1 Å². The van der Waals surface area contributed by atoms with Crippen LogP contribution in [0.2, 0.25) is 0 Å². The molecule has 136 valence electrons. The van der Waals surface area contributed by atoms with Gasteiger partial charge in [-0.25, -0.2) is 13.8 Å². The van der Waals surface area contributed by atoms with Gasteiger partial charge in [-0.15, -0.1) is 0 Å². The third kappa shape index (κ3) is 5.27. The third-order valence-electron chi connectivity index (χ3n) is 4.03. The maximum Gasteiger partial charge on any atom is 0.191 e. The molecule has 7 heteroatoms. The van der Waals surface area contributed by atoms with Crippen LogP contribution < -0.4 is 10.6 Å². The number of rotatable bonds is 6. The van der Waals surface area contributed by atoms with Gasteiger partial charge in [0.05, 0.1) is 12.2 Å². The molecule has 0 aliphatic rings. The molecule has 2 rings (SSSR count). The van der Waals surface area contributed by atoms with Crippen molar-refractivity contribution in [2.45, 2.75) is 33.7 Å². The van der Waals surface area contributed by atoms with Gasteiger partial charge in [-0.3, -0.25) is 4.68 Å². The fourth-order valence-corrected chi connectivity index (χ4v) is 2.63. The first kappa shape index (κ1) is 18.9. The Bertz CT molecular complexity index is 732. The minimum atomic E-state index is -0.557. The summed E-state index contributed by atoms with van der Waals surface area (Å²) in [6, 6.07) is 3.56. The van der Waals surface area contributed by atoms with Crippen molar-refractivity contribution in [1.82, 2.24) is 20.4 Å². The Balaban J connectivity index is 1.97. The molecule has 0 aliphatic heterocycles. The highest BCUT2D eigenvalue weighted by atomic mass is 19.1. The van der Waals surface area contributed by atoms with Gasteiger partial charge < -0.3 is 10.6 Å². The Labute approximate surface area is 147 Å². The van der Waals surface area contributed by atoms with Crippen LogP contribution in [0.25, 0.3) is 0 Å². The van der Waals surface area contributed by atoms with E-state index in [0.717, 1.165) is 29.6 Å². The molecular formula is C18H25F2N5. The van der Waals surface area contributed by atoms with Crippen molar-refractivity contribution >= 4 is 5.96 Å².